The van der Waals surface area contributed by atoms with E-state index in [4.69, 9.17) is 28.9 Å². The van der Waals surface area contributed by atoms with Crippen molar-refractivity contribution < 1.29 is 5.11 Å². The number of rotatable bonds is 4. The summed E-state index contributed by atoms with van der Waals surface area (Å²) in [6, 6.07) is 10.4. The summed E-state index contributed by atoms with van der Waals surface area (Å²) < 4.78 is 0. The lowest BCUT2D eigenvalue weighted by atomic mass is 9.73. The fraction of sp³-hybridized carbons (Fsp3) is 0.348. The number of benzene rings is 1. The lowest BCUT2D eigenvalue weighted by Gasteiger charge is -2.42. The van der Waals surface area contributed by atoms with Gasteiger partial charge in [-0.2, -0.15) is 0 Å². The second kappa shape index (κ2) is 8.80. The topological polar surface area (TPSA) is 88.2 Å². The highest BCUT2D eigenvalue weighted by atomic mass is 35.5. The van der Waals surface area contributed by atoms with Crippen molar-refractivity contribution in [1.29, 1.82) is 0 Å². The molecule has 6 nitrogen and oxygen atoms in total. The first kappa shape index (κ1) is 21.9. The average molecular weight is 488 g/mol. The molecule has 5 rings (SSSR count). The van der Waals surface area contributed by atoms with E-state index in [1.54, 1.807) is 18.5 Å². The van der Waals surface area contributed by atoms with Crippen LogP contribution in [0.2, 0.25) is 10.2 Å². The Morgan fingerprint density at radius 1 is 1.16 bits per heavy atom. The molecule has 2 aliphatic rings. The van der Waals surface area contributed by atoms with E-state index in [0.717, 1.165) is 43.1 Å². The summed E-state index contributed by atoms with van der Waals surface area (Å²) >= 11 is 13.6. The van der Waals surface area contributed by atoms with Crippen LogP contribution < -0.4 is 10.6 Å². The molecule has 9 heteroatoms. The van der Waals surface area contributed by atoms with Crippen molar-refractivity contribution in [2.24, 2.45) is 11.1 Å². The number of pyridine rings is 1. The normalized spacial score (nSPS) is 19.4. The number of nitrogens with zero attached hydrogens (tertiary/aromatic N) is 4. The van der Waals surface area contributed by atoms with Gasteiger partial charge in [0.05, 0.1) is 17.8 Å². The Bertz CT molecular complexity index is 1150. The van der Waals surface area contributed by atoms with Crippen molar-refractivity contribution in [3.63, 3.8) is 0 Å². The van der Waals surface area contributed by atoms with E-state index in [-0.39, 0.29) is 23.2 Å². The molecular weight excluding hydrogens is 465 g/mol. The molecule has 0 bridgehead atoms. The standard InChI is InChI=1S/C23H23Cl2N5OS/c24-19-17(5-8-27-21(19)25)32-18-12-28-22(16(13-31)29-18)30-9-6-23(7-10-30)11-14-3-1-2-4-15(14)20(23)26/h1-5,8,12,20,31H,6-7,9-11,13,26H2/t20-/m1/s1. The van der Waals surface area contributed by atoms with E-state index in [1.165, 1.54) is 22.9 Å². The zero-order chi connectivity index (χ0) is 22.3. The summed E-state index contributed by atoms with van der Waals surface area (Å²) in [6.07, 6.45) is 6.31. The molecule has 0 radical (unpaired) electrons. The molecule has 1 spiro atoms. The minimum absolute atomic E-state index is 0.0694. The summed E-state index contributed by atoms with van der Waals surface area (Å²) in [6.45, 7) is 1.48. The molecular formula is C23H23Cl2N5OS. The third-order valence-electron chi connectivity index (χ3n) is 6.63. The fourth-order valence-corrected chi connectivity index (χ4v) is 6.13. The maximum absolute atomic E-state index is 9.99. The number of hydrogen-bond acceptors (Lipinski definition) is 7. The number of aliphatic hydroxyl groups excluding tert-OH is 1. The predicted octanol–water partition coefficient (Wildman–Crippen LogP) is 4.66. The average Bonchev–Trinajstić information content (AvgIpc) is 3.09. The van der Waals surface area contributed by atoms with Gasteiger partial charge in [0.25, 0.3) is 0 Å². The van der Waals surface area contributed by atoms with Crippen LogP contribution in [0, 0.1) is 5.41 Å². The van der Waals surface area contributed by atoms with Gasteiger partial charge in [0.2, 0.25) is 0 Å². The second-order valence-electron chi connectivity index (χ2n) is 8.36. The molecule has 3 N–H and O–H groups in total. The first-order valence-electron chi connectivity index (χ1n) is 10.5. The molecule has 1 fully saturated rings. The number of nitrogens with two attached hydrogens (primary N) is 1. The van der Waals surface area contributed by atoms with Crippen LogP contribution in [0.4, 0.5) is 5.82 Å². The number of aromatic nitrogens is 3. The number of piperidine rings is 1. The van der Waals surface area contributed by atoms with Gasteiger partial charge in [-0.25, -0.2) is 15.0 Å². The van der Waals surface area contributed by atoms with E-state index < -0.39 is 0 Å². The largest absolute Gasteiger partial charge is 0.390 e. The Morgan fingerprint density at radius 2 is 1.94 bits per heavy atom. The minimum atomic E-state index is -0.186. The van der Waals surface area contributed by atoms with Crippen molar-refractivity contribution in [2.45, 2.75) is 41.8 Å². The molecule has 32 heavy (non-hydrogen) atoms. The fourth-order valence-electron chi connectivity index (χ4n) is 4.88. The Morgan fingerprint density at radius 3 is 2.69 bits per heavy atom. The van der Waals surface area contributed by atoms with Gasteiger partial charge >= 0.3 is 0 Å². The first-order valence-corrected chi connectivity index (χ1v) is 12.1. The molecule has 0 amide bonds. The first-order chi connectivity index (χ1) is 15.5. The Labute approximate surface area is 201 Å². The van der Waals surface area contributed by atoms with Crippen LogP contribution in [0.25, 0.3) is 0 Å². The van der Waals surface area contributed by atoms with Crippen LogP contribution in [-0.2, 0) is 13.0 Å². The molecule has 3 aromatic rings. The van der Waals surface area contributed by atoms with E-state index in [1.807, 2.05) is 0 Å². The maximum atomic E-state index is 9.99. The zero-order valence-corrected chi connectivity index (χ0v) is 19.7. The molecule has 0 saturated carbocycles. The van der Waals surface area contributed by atoms with Crippen LogP contribution in [-0.4, -0.2) is 33.1 Å². The summed E-state index contributed by atoms with van der Waals surface area (Å²) in [5.41, 5.74) is 10.0. The van der Waals surface area contributed by atoms with Crippen LogP contribution in [0.3, 0.4) is 0 Å². The second-order valence-corrected chi connectivity index (χ2v) is 10.2. The van der Waals surface area contributed by atoms with Crippen molar-refractivity contribution in [3.05, 3.63) is 69.7 Å². The lowest BCUT2D eigenvalue weighted by Crippen LogP contribution is -2.45. The van der Waals surface area contributed by atoms with E-state index in [0.29, 0.717) is 15.7 Å². The van der Waals surface area contributed by atoms with Crippen LogP contribution >= 0.6 is 35.0 Å². The molecule has 166 valence electrons. The van der Waals surface area contributed by atoms with Gasteiger partial charge in [0.1, 0.15) is 15.9 Å². The molecule has 0 unspecified atom stereocenters. The minimum Gasteiger partial charge on any atom is -0.390 e. The highest BCUT2D eigenvalue weighted by Gasteiger charge is 2.46. The van der Waals surface area contributed by atoms with Crippen molar-refractivity contribution in [1.82, 2.24) is 15.0 Å². The monoisotopic (exact) mass is 487 g/mol. The molecule has 3 heterocycles. The molecule has 1 aromatic carbocycles. The number of anilines is 1. The molecule has 1 atom stereocenters. The summed E-state index contributed by atoms with van der Waals surface area (Å²) in [4.78, 5) is 16.2. The Balaban J connectivity index is 1.32. The molecule has 1 aliphatic carbocycles. The van der Waals surface area contributed by atoms with Gasteiger partial charge in [0.15, 0.2) is 5.82 Å². The van der Waals surface area contributed by atoms with Crippen molar-refractivity contribution in [2.75, 3.05) is 18.0 Å². The van der Waals surface area contributed by atoms with Crippen molar-refractivity contribution >= 4 is 40.8 Å². The Kier molecular flexibility index (Phi) is 6.03. The van der Waals surface area contributed by atoms with Gasteiger partial charge in [0, 0.05) is 30.2 Å². The van der Waals surface area contributed by atoms with Gasteiger partial charge in [-0.05, 0) is 41.9 Å². The maximum Gasteiger partial charge on any atom is 0.152 e. The highest BCUT2D eigenvalue weighted by molar-refractivity contribution is 7.99. The summed E-state index contributed by atoms with van der Waals surface area (Å²) in [5.74, 6) is 0.731. The number of fused-ring (bicyclic) bond motifs is 1. The van der Waals surface area contributed by atoms with Gasteiger partial charge < -0.3 is 15.7 Å². The van der Waals surface area contributed by atoms with E-state index in [9.17, 15) is 5.11 Å². The van der Waals surface area contributed by atoms with Crippen LogP contribution in [0.5, 0.6) is 0 Å². The SMILES string of the molecule is N[C@@H]1c2ccccc2CC12CCN(c1ncc(Sc3ccnc(Cl)c3Cl)nc1CO)CC2. The Hall–Kier alpha value is -1.90. The predicted molar refractivity (Wildman–Crippen MR) is 127 cm³/mol. The third kappa shape index (κ3) is 3.86. The summed E-state index contributed by atoms with van der Waals surface area (Å²) in [7, 11) is 0. The molecule has 2 aromatic heterocycles. The quantitative estimate of drug-likeness (QED) is 0.517. The zero-order valence-electron chi connectivity index (χ0n) is 17.3. The van der Waals surface area contributed by atoms with Gasteiger partial charge in [-0.3, -0.25) is 0 Å². The number of aliphatic hydroxyl groups is 1. The van der Waals surface area contributed by atoms with E-state index in [2.05, 4.69) is 44.1 Å². The van der Waals surface area contributed by atoms with Gasteiger partial charge in [-0.1, -0.05) is 59.2 Å². The van der Waals surface area contributed by atoms with Crippen LogP contribution in [0.1, 0.15) is 35.7 Å². The van der Waals surface area contributed by atoms with E-state index >= 15 is 0 Å². The van der Waals surface area contributed by atoms with Crippen LogP contribution in [0.15, 0.2) is 52.6 Å². The third-order valence-corrected chi connectivity index (χ3v) is 8.47. The number of halogens is 2. The highest BCUT2D eigenvalue weighted by Crippen LogP contribution is 2.51. The lowest BCUT2D eigenvalue weighted by molar-refractivity contribution is 0.186. The molecule has 1 aliphatic heterocycles. The van der Waals surface area contributed by atoms with Crippen molar-refractivity contribution in [3.8, 4) is 0 Å². The molecule has 1 saturated heterocycles. The number of hydrogen-bond donors (Lipinski definition) is 2. The van der Waals surface area contributed by atoms with Gasteiger partial charge in [-0.15, -0.1) is 0 Å². The summed E-state index contributed by atoms with van der Waals surface area (Å²) in [5, 5.41) is 11.3. The smallest absolute Gasteiger partial charge is 0.152 e.